The maximum absolute atomic E-state index is 13.1. The number of carbonyl (C=O) groups excluding carboxylic acids is 1. The van der Waals surface area contributed by atoms with E-state index in [0.717, 1.165) is 70.1 Å². The topological polar surface area (TPSA) is 26.8 Å². The molecule has 0 N–H and O–H groups in total. The summed E-state index contributed by atoms with van der Waals surface area (Å²) in [5.41, 5.74) is 6.17. The Morgan fingerprint density at radius 1 is 0.778 bits per heavy atom. The number of rotatable bonds is 8. The van der Waals surface area contributed by atoms with E-state index in [1.165, 1.54) is 35.2 Å². The highest BCUT2D eigenvalue weighted by atomic mass is 16.2. The predicted molar refractivity (Wildman–Crippen MR) is 147 cm³/mol. The lowest BCUT2D eigenvalue weighted by Crippen LogP contribution is -2.47. The van der Waals surface area contributed by atoms with Crippen LogP contribution in [0, 0.1) is 5.92 Å². The van der Waals surface area contributed by atoms with Crippen molar-refractivity contribution in [2.24, 2.45) is 5.92 Å². The maximum atomic E-state index is 13.1. The number of fused-ring (bicyclic) bond motifs is 1. The highest BCUT2D eigenvalue weighted by molar-refractivity contribution is 5.97. The zero-order valence-electron chi connectivity index (χ0n) is 21.2. The summed E-state index contributed by atoms with van der Waals surface area (Å²) in [6, 6.07) is 28.5. The van der Waals surface area contributed by atoms with E-state index in [4.69, 9.17) is 0 Å². The van der Waals surface area contributed by atoms with Gasteiger partial charge >= 0.3 is 0 Å². The molecular formula is C32H37N3O. The Morgan fingerprint density at radius 2 is 1.44 bits per heavy atom. The van der Waals surface area contributed by atoms with Gasteiger partial charge in [0.1, 0.15) is 0 Å². The summed E-state index contributed by atoms with van der Waals surface area (Å²) in [4.78, 5) is 20.3. The van der Waals surface area contributed by atoms with E-state index in [2.05, 4.69) is 93.6 Å². The molecule has 1 aliphatic carbocycles. The lowest BCUT2D eigenvalue weighted by molar-refractivity contribution is 0.0732. The summed E-state index contributed by atoms with van der Waals surface area (Å²) < 4.78 is 0. The number of hydrogen-bond acceptors (Lipinski definition) is 3. The second kappa shape index (κ2) is 10.5. The monoisotopic (exact) mass is 479 g/mol. The summed E-state index contributed by atoms with van der Waals surface area (Å²) in [6.07, 6.45) is 4.70. The maximum Gasteiger partial charge on any atom is 0.254 e. The Labute approximate surface area is 215 Å². The van der Waals surface area contributed by atoms with Gasteiger partial charge in [-0.05, 0) is 67.0 Å². The molecule has 2 fully saturated rings. The molecule has 3 aromatic carbocycles. The van der Waals surface area contributed by atoms with Crippen molar-refractivity contribution in [3.63, 3.8) is 0 Å². The van der Waals surface area contributed by atoms with E-state index in [9.17, 15) is 4.79 Å². The van der Waals surface area contributed by atoms with Crippen LogP contribution >= 0.6 is 0 Å². The Hall–Kier alpha value is -3.11. The first-order chi connectivity index (χ1) is 17.7. The van der Waals surface area contributed by atoms with Gasteiger partial charge in [0, 0.05) is 56.4 Å². The molecule has 3 aliphatic rings. The van der Waals surface area contributed by atoms with Crippen molar-refractivity contribution in [1.29, 1.82) is 0 Å². The minimum Gasteiger partial charge on any atom is -0.369 e. The molecule has 0 bridgehead atoms. The number of nitrogens with zero attached hydrogens (tertiary/aromatic N) is 3. The van der Waals surface area contributed by atoms with E-state index in [1.807, 2.05) is 0 Å². The van der Waals surface area contributed by atoms with E-state index in [1.54, 1.807) is 0 Å². The smallest absolute Gasteiger partial charge is 0.254 e. The van der Waals surface area contributed by atoms with Crippen molar-refractivity contribution in [3.8, 4) is 0 Å². The average molecular weight is 480 g/mol. The van der Waals surface area contributed by atoms with Crippen LogP contribution in [0.5, 0.6) is 0 Å². The van der Waals surface area contributed by atoms with Gasteiger partial charge in [-0.1, -0.05) is 66.7 Å². The van der Waals surface area contributed by atoms with Crippen LogP contribution in [0.4, 0.5) is 5.69 Å². The van der Waals surface area contributed by atoms with Crippen molar-refractivity contribution in [1.82, 2.24) is 9.80 Å². The van der Waals surface area contributed by atoms with Crippen LogP contribution in [0.15, 0.2) is 78.9 Å². The van der Waals surface area contributed by atoms with Gasteiger partial charge in [0.25, 0.3) is 5.91 Å². The first-order valence-electron chi connectivity index (χ1n) is 13.7. The van der Waals surface area contributed by atoms with Gasteiger partial charge in [-0.25, -0.2) is 0 Å². The molecule has 0 radical (unpaired) electrons. The normalized spacial score (nSPS) is 18.5. The molecule has 3 aromatic rings. The average Bonchev–Trinajstić information content (AvgIpc) is 3.76. The van der Waals surface area contributed by atoms with Crippen LogP contribution in [-0.4, -0.2) is 61.5 Å². The summed E-state index contributed by atoms with van der Waals surface area (Å²) in [7, 11) is 0. The summed E-state index contributed by atoms with van der Waals surface area (Å²) in [5, 5.41) is 0. The molecule has 36 heavy (non-hydrogen) atoms. The van der Waals surface area contributed by atoms with Crippen LogP contribution in [0.1, 0.15) is 52.2 Å². The Morgan fingerprint density at radius 3 is 2.08 bits per heavy atom. The van der Waals surface area contributed by atoms with Crippen molar-refractivity contribution >= 4 is 11.6 Å². The van der Waals surface area contributed by atoms with Crippen molar-refractivity contribution in [2.45, 2.75) is 31.6 Å². The second-order valence-electron chi connectivity index (χ2n) is 10.8. The fourth-order valence-electron chi connectivity index (χ4n) is 5.93. The van der Waals surface area contributed by atoms with Crippen LogP contribution < -0.4 is 4.90 Å². The molecular weight excluding hydrogens is 442 g/mol. The highest BCUT2D eigenvalue weighted by Crippen LogP contribution is 2.33. The molecule has 186 valence electrons. The standard InChI is InChI=1S/C32H37N3O/c36-32-31-23-29(14-13-28(31)15-18-35(32)24-25-11-12-25)34-21-19-33(20-22-34)17-16-30(26-7-3-1-4-8-26)27-9-5-2-6-10-27/h1-10,13-14,23,25,30H,11-12,15-22,24H2. The van der Waals surface area contributed by atoms with Crippen LogP contribution in [-0.2, 0) is 6.42 Å². The molecule has 0 atom stereocenters. The van der Waals surface area contributed by atoms with Gasteiger partial charge in [-0.15, -0.1) is 0 Å². The van der Waals surface area contributed by atoms with Crippen LogP contribution in [0.2, 0.25) is 0 Å². The first-order valence-corrected chi connectivity index (χ1v) is 13.7. The number of piperazine rings is 1. The zero-order chi connectivity index (χ0) is 24.3. The van der Waals surface area contributed by atoms with E-state index >= 15 is 0 Å². The minimum absolute atomic E-state index is 0.247. The van der Waals surface area contributed by atoms with Crippen LogP contribution in [0.3, 0.4) is 0 Å². The Kier molecular flexibility index (Phi) is 6.78. The molecule has 1 saturated carbocycles. The van der Waals surface area contributed by atoms with Crippen molar-refractivity contribution < 1.29 is 4.79 Å². The molecule has 0 spiro atoms. The molecule has 2 heterocycles. The van der Waals surface area contributed by atoms with Crippen LogP contribution in [0.25, 0.3) is 0 Å². The zero-order valence-corrected chi connectivity index (χ0v) is 21.2. The largest absolute Gasteiger partial charge is 0.369 e. The molecule has 0 unspecified atom stereocenters. The van der Waals surface area contributed by atoms with E-state index < -0.39 is 0 Å². The first kappa shape index (κ1) is 23.3. The fraction of sp³-hybridized carbons (Fsp3) is 0.406. The van der Waals surface area contributed by atoms with Crippen molar-refractivity contribution in [2.75, 3.05) is 50.7 Å². The summed E-state index contributed by atoms with van der Waals surface area (Å²) >= 11 is 0. The third kappa shape index (κ3) is 5.19. The minimum atomic E-state index is 0.247. The number of benzene rings is 3. The quantitative estimate of drug-likeness (QED) is 0.431. The highest BCUT2D eigenvalue weighted by Gasteiger charge is 2.31. The number of anilines is 1. The van der Waals surface area contributed by atoms with Gasteiger partial charge in [-0.3, -0.25) is 9.69 Å². The Bertz CT molecular complexity index is 1130. The second-order valence-corrected chi connectivity index (χ2v) is 10.8. The third-order valence-corrected chi connectivity index (χ3v) is 8.31. The SMILES string of the molecule is O=C1c2cc(N3CCN(CCC(c4ccccc4)c4ccccc4)CC3)ccc2CCN1CC1CC1. The molecule has 0 aromatic heterocycles. The third-order valence-electron chi connectivity index (χ3n) is 8.31. The van der Waals surface area contributed by atoms with Gasteiger partial charge in [0.2, 0.25) is 0 Å². The van der Waals surface area contributed by atoms with E-state index in [0.29, 0.717) is 5.92 Å². The number of carbonyl (C=O) groups is 1. The lowest BCUT2D eigenvalue weighted by Gasteiger charge is -2.37. The van der Waals surface area contributed by atoms with Gasteiger partial charge in [0.15, 0.2) is 0 Å². The molecule has 1 saturated heterocycles. The Balaban J connectivity index is 1.07. The number of amides is 1. The molecule has 2 aliphatic heterocycles. The molecule has 1 amide bonds. The fourth-order valence-corrected chi connectivity index (χ4v) is 5.93. The number of hydrogen-bond donors (Lipinski definition) is 0. The van der Waals surface area contributed by atoms with Gasteiger partial charge in [-0.2, -0.15) is 0 Å². The lowest BCUT2D eigenvalue weighted by atomic mass is 9.88. The summed E-state index contributed by atoms with van der Waals surface area (Å²) in [6.45, 7) is 7.09. The van der Waals surface area contributed by atoms with E-state index in [-0.39, 0.29) is 5.91 Å². The van der Waals surface area contributed by atoms with Gasteiger partial charge < -0.3 is 9.80 Å². The van der Waals surface area contributed by atoms with Crippen molar-refractivity contribution in [3.05, 3.63) is 101 Å². The molecule has 4 heteroatoms. The summed E-state index contributed by atoms with van der Waals surface area (Å²) in [5.74, 6) is 1.42. The molecule has 6 rings (SSSR count). The van der Waals surface area contributed by atoms with Gasteiger partial charge in [0.05, 0.1) is 0 Å². The molecule has 4 nitrogen and oxygen atoms in total. The predicted octanol–water partition coefficient (Wildman–Crippen LogP) is 5.44.